The Labute approximate surface area is 151 Å². The van der Waals surface area contributed by atoms with E-state index < -0.39 is 5.60 Å². The Bertz CT molecular complexity index is 783. The van der Waals surface area contributed by atoms with Crippen molar-refractivity contribution in [3.63, 3.8) is 0 Å². The maximum absolute atomic E-state index is 12.6. The van der Waals surface area contributed by atoms with Gasteiger partial charge in [0.2, 0.25) is 5.91 Å². The monoisotopic (exact) mass is 356 g/mol. The lowest BCUT2D eigenvalue weighted by Crippen LogP contribution is -2.56. The van der Waals surface area contributed by atoms with Crippen molar-refractivity contribution >= 4 is 27.5 Å². The molecular formula is C20H24N2O2S. The molecule has 2 aromatic rings. The van der Waals surface area contributed by atoms with Gasteiger partial charge in [0.15, 0.2) is 0 Å². The van der Waals surface area contributed by atoms with E-state index in [-0.39, 0.29) is 11.3 Å². The Morgan fingerprint density at radius 1 is 1.24 bits per heavy atom. The van der Waals surface area contributed by atoms with Crippen LogP contribution in [0.2, 0.25) is 0 Å². The molecule has 0 radical (unpaired) electrons. The standard InChI is InChI=1S/C20H24N2O2S/c23-17(21-11-18-22-15-3-1-2-4-16(15)25-18)10-19-6-13-5-14(7-19)9-20(24,8-13)12-19/h1-4,13-14,24H,5-12H2,(H,21,23). The summed E-state index contributed by atoms with van der Waals surface area (Å²) in [7, 11) is 0. The van der Waals surface area contributed by atoms with Crippen LogP contribution in [0.25, 0.3) is 10.2 Å². The van der Waals surface area contributed by atoms with E-state index in [9.17, 15) is 9.90 Å². The van der Waals surface area contributed by atoms with E-state index in [1.165, 1.54) is 6.42 Å². The molecule has 2 atom stereocenters. The minimum atomic E-state index is -0.489. The van der Waals surface area contributed by atoms with Gasteiger partial charge in [0.05, 0.1) is 22.4 Å². The van der Waals surface area contributed by atoms with E-state index >= 15 is 0 Å². The van der Waals surface area contributed by atoms with Crippen molar-refractivity contribution in [1.29, 1.82) is 0 Å². The minimum absolute atomic E-state index is 0.0382. The molecule has 4 nitrogen and oxygen atoms in total. The average molecular weight is 356 g/mol. The SMILES string of the molecule is O=C(CC12CC3CC(CC(O)(C3)C1)C2)NCc1nc2ccccc2s1. The van der Waals surface area contributed by atoms with Crippen LogP contribution < -0.4 is 5.32 Å². The van der Waals surface area contributed by atoms with Crippen LogP contribution in [0.5, 0.6) is 0 Å². The third-order valence-corrected chi connectivity index (χ3v) is 7.50. The number of nitrogens with zero attached hydrogens (tertiary/aromatic N) is 1. The summed E-state index contributed by atoms with van der Waals surface area (Å²) in [5.41, 5.74) is 0.550. The fourth-order valence-electron chi connectivity index (χ4n) is 6.18. The van der Waals surface area contributed by atoms with Gasteiger partial charge in [0, 0.05) is 6.42 Å². The first-order chi connectivity index (χ1) is 12.0. The van der Waals surface area contributed by atoms with Crippen LogP contribution >= 0.6 is 11.3 Å². The number of carbonyl (C=O) groups excluding carboxylic acids is 1. The van der Waals surface area contributed by atoms with E-state index in [1.54, 1.807) is 11.3 Å². The first-order valence-corrected chi connectivity index (χ1v) is 10.2. The average Bonchev–Trinajstić information content (AvgIpc) is 2.93. The summed E-state index contributed by atoms with van der Waals surface area (Å²) in [5.74, 6) is 1.37. The lowest BCUT2D eigenvalue weighted by atomic mass is 9.47. The molecule has 4 aliphatic carbocycles. The number of para-hydroxylation sites is 1. The molecule has 2 N–H and O–H groups in total. The molecular weight excluding hydrogens is 332 g/mol. The van der Waals surface area contributed by atoms with Gasteiger partial charge in [-0.3, -0.25) is 4.79 Å². The molecule has 1 aromatic heterocycles. The predicted octanol–water partition coefficient (Wildman–Crippen LogP) is 3.63. The highest BCUT2D eigenvalue weighted by molar-refractivity contribution is 7.18. The first kappa shape index (κ1) is 15.8. The Morgan fingerprint density at radius 2 is 2.00 bits per heavy atom. The highest BCUT2D eigenvalue weighted by Crippen LogP contribution is 2.62. The molecule has 25 heavy (non-hydrogen) atoms. The number of hydrogen-bond donors (Lipinski definition) is 2. The fraction of sp³-hybridized carbons (Fsp3) is 0.600. The van der Waals surface area contributed by atoms with Gasteiger partial charge in [-0.15, -0.1) is 11.3 Å². The van der Waals surface area contributed by atoms with E-state index in [2.05, 4.69) is 16.4 Å². The fourth-order valence-corrected chi connectivity index (χ4v) is 7.09. The lowest BCUT2D eigenvalue weighted by molar-refractivity contribution is -0.169. The number of carbonyl (C=O) groups is 1. The highest BCUT2D eigenvalue weighted by atomic mass is 32.1. The molecule has 132 valence electrons. The third-order valence-electron chi connectivity index (χ3n) is 6.46. The maximum Gasteiger partial charge on any atom is 0.220 e. The molecule has 4 saturated carbocycles. The summed E-state index contributed by atoms with van der Waals surface area (Å²) in [6, 6.07) is 8.07. The number of benzene rings is 1. The summed E-state index contributed by atoms with van der Waals surface area (Å²) in [6.45, 7) is 0.505. The van der Waals surface area contributed by atoms with Crippen molar-refractivity contribution < 1.29 is 9.90 Å². The van der Waals surface area contributed by atoms with Crippen LogP contribution in [0.1, 0.15) is 50.0 Å². The predicted molar refractivity (Wildman–Crippen MR) is 98.1 cm³/mol. The van der Waals surface area contributed by atoms with Gasteiger partial charge in [-0.05, 0) is 67.9 Å². The van der Waals surface area contributed by atoms with E-state index in [1.807, 2.05) is 18.2 Å². The molecule has 5 heteroatoms. The molecule has 0 spiro atoms. The smallest absolute Gasteiger partial charge is 0.220 e. The zero-order valence-electron chi connectivity index (χ0n) is 14.3. The molecule has 0 saturated heterocycles. The van der Waals surface area contributed by atoms with Crippen molar-refractivity contribution in [2.45, 2.75) is 57.1 Å². The summed E-state index contributed by atoms with van der Waals surface area (Å²) in [6.07, 6.45) is 6.81. The number of amides is 1. The summed E-state index contributed by atoms with van der Waals surface area (Å²) >= 11 is 1.64. The van der Waals surface area contributed by atoms with Gasteiger partial charge in [-0.2, -0.15) is 0 Å². The number of hydrogen-bond acceptors (Lipinski definition) is 4. The number of thiazole rings is 1. The van der Waals surface area contributed by atoms with Gasteiger partial charge in [-0.25, -0.2) is 4.98 Å². The number of aromatic nitrogens is 1. The number of aliphatic hydroxyl groups is 1. The second kappa shape index (κ2) is 5.52. The molecule has 2 unspecified atom stereocenters. The van der Waals surface area contributed by atoms with Gasteiger partial charge in [0.1, 0.15) is 5.01 Å². The van der Waals surface area contributed by atoms with Crippen molar-refractivity contribution in [3.05, 3.63) is 29.3 Å². The second-order valence-corrected chi connectivity index (χ2v) is 9.83. The molecule has 1 aromatic carbocycles. The molecule has 4 bridgehead atoms. The number of rotatable bonds is 4. The third kappa shape index (κ3) is 2.87. The minimum Gasteiger partial charge on any atom is -0.390 e. The number of nitrogens with one attached hydrogen (secondary N) is 1. The van der Waals surface area contributed by atoms with Crippen LogP contribution in [0.15, 0.2) is 24.3 Å². The highest BCUT2D eigenvalue weighted by Gasteiger charge is 2.57. The molecule has 1 heterocycles. The summed E-state index contributed by atoms with van der Waals surface area (Å²) in [5, 5.41) is 14.9. The van der Waals surface area contributed by atoms with Gasteiger partial charge in [0.25, 0.3) is 0 Å². The van der Waals surface area contributed by atoms with Gasteiger partial charge >= 0.3 is 0 Å². The first-order valence-electron chi connectivity index (χ1n) is 9.35. The van der Waals surface area contributed by atoms with E-state index in [4.69, 9.17) is 0 Å². The quantitative estimate of drug-likeness (QED) is 0.879. The molecule has 6 rings (SSSR count). The zero-order chi connectivity index (χ0) is 17.1. The zero-order valence-corrected chi connectivity index (χ0v) is 15.1. The van der Waals surface area contributed by atoms with Crippen molar-refractivity contribution in [3.8, 4) is 0 Å². The Kier molecular flexibility index (Phi) is 3.48. The van der Waals surface area contributed by atoms with Gasteiger partial charge < -0.3 is 10.4 Å². The molecule has 4 fully saturated rings. The topological polar surface area (TPSA) is 62.2 Å². The summed E-state index contributed by atoms with van der Waals surface area (Å²) < 4.78 is 1.16. The van der Waals surface area contributed by atoms with Crippen LogP contribution in [-0.4, -0.2) is 21.6 Å². The van der Waals surface area contributed by atoms with Crippen LogP contribution in [0.4, 0.5) is 0 Å². The maximum atomic E-state index is 12.6. The van der Waals surface area contributed by atoms with E-state index in [0.717, 1.165) is 47.3 Å². The van der Waals surface area contributed by atoms with Crippen molar-refractivity contribution in [1.82, 2.24) is 10.3 Å². The van der Waals surface area contributed by atoms with Crippen LogP contribution in [0.3, 0.4) is 0 Å². The van der Waals surface area contributed by atoms with E-state index in [0.29, 0.717) is 24.8 Å². The van der Waals surface area contributed by atoms with Crippen molar-refractivity contribution in [2.24, 2.45) is 17.3 Å². The Hall–Kier alpha value is -1.46. The van der Waals surface area contributed by atoms with Crippen LogP contribution in [-0.2, 0) is 11.3 Å². The lowest BCUT2D eigenvalue weighted by Gasteiger charge is -2.60. The molecule has 0 aliphatic heterocycles. The van der Waals surface area contributed by atoms with Gasteiger partial charge in [-0.1, -0.05) is 12.1 Å². The Morgan fingerprint density at radius 3 is 2.72 bits per heavy atom. The molecule has 4 aliphatic rings. The van der Waals surface area contributed by atoms with Crippen LogP contribution in [0, 0.1) is 17.3 Å². The molecule has 1 amide bonds. The second-order valence-electron chi connectivity index (χ2n) is 8.71. The largest absolute Gasteiger partial charge is 0.390 e. The van der Waals surface area contributed by atoms with Crippen molar-refractivity contribution in [2.75, 3.05) is 0 Å². The number of fused-ring (bicyclic) bond motifs is 1. The summed E-state index contributed by atoms with van der Waals surface area (Å²) in [4.78, 5) is 17.2. The normalized spacial score (nSPS) is 36.0. The Balaban J connectivity index is 1.25.